The number of aromatic amines is 1. The average Bonchev–Trinajstić information content (AvgIpc) is 2.76. The molecule has 2 N–H and O–H groups in total. The van der Waals surface area contributed by atoms with E-state index in [9.17, 15) is 4.79 Å². The van der Waals surface area contributed by atoms with Crippen molar-refractivity contribution >= 4 is 23.2 Å². The van der Waals surface area contributed by atoms with Crippen molar-refractivity contribution in [2.24, 2.45) is 0 Å². The Bertz CT molecular complexity index is 489. The first-order chi connectivity index (χ1) is 7.68. The number of carbonyl (C=O) groups excluding carboxylic acids is 1. The highest BCUT2D eigenvalue weighted by Crippen LogP contribution is 2.22. The first-order valence-electron chi connectivity index (χ1n) is 4.60. The molecule has 6 heteroatoms. The maximum absolute atomic E-state index is 11.7. The number of nitrogens with one attached hydrogen (secondary N) is 2. The number of hydrogen-bond acceptors (Lipinski definition) is 3. The molecular weight excluding hydrogens is 228 g/mol. The Morgan fingerprint density at radius 3 is 2.88 bits per heavy atom. The van der Waals surface area contributed by atoms with Gasteiger partial charge in [0.2, 0.25) is 0 Å². The molecule has 2 heterocycles. The summed E-state index contributed by atoms with van der Waals surface area (Å²) in [6.45, 7) is 1.84. The van der Waals surface area contributed by atoms with Gasteiger partial charge in [0, 0.05) is 12.4 Å². The van der Waals surface area contributed by atoms with E-state index in [1.807, 2.05) is 6.92 Å². The average molecular weight is 237 g/mol. The number of amides is 1. The topological polar surface area (TPSA) is 70.7 Å². The van der Waals surface area contributed by atoms with Crippen molar-refractivity contribution in [1.82, 2.24) is 15.2 Å². The summed E-state index contributed by atoms with van der Waals surface area (Å²) in [5, 5.41) is 9.21. The normalized spacial score (nSPS) is 10.1. The highest BCUT2D eigenvalue weighted by Gasteiger charge is 2.11. The van der Waals surface area contributed by atoms with Gasteiger partial charge in [-0.25, -0.2) is 4.98 Å². The highest BCUT2D eigenvalue weighted by atomic mass is 35.5. The molecule has 0 unspecified atom stereocenters. The second-order valence-corrected chi connectivity index (χ2v) is 3.58. The lowest BCUT2D eigenvalue weighted by atomic mass is 10.2. The molecule has 0 radical (unpaired) electrons. The van der Waals surface area contributed by atoms with E-state index < -0.39 is 0 Å². The quantitative estimate of drug-likeness (QED) is 0.784. The van der Waals surface area contributed by atoms with E-state index in [0.717, 1.165) is 5.56 Å². The molecule has 5 nitrogen and oxygen atoms in total. The van der Waals surface area contributed by atoms with Gasteiger partial charge in [0.05, 0.1) is 5.69 Å². The van der Waals surface area contributed by atoms with Crippen LogP contribution < -0.4 is 5.32 Å². The molecule has 82 valence electrons. The van der Waals surface area contributed by atoms with Crippen LogP contribution in [0.25, 0.3) is 0 Å². The minimum Gasteiger partial charge on any atom is -0.318 e. The molecule has 0 saturated heterocycles. The summed E-state index contributed by atoms with van der Waals surface area (Å²) >= 11 is 5.88. The zero-order valence-electron chi connectivity index (χ0n) is 8.49. The van der Waals surface area contributed by atoms with E-state index in [1.165, 1.54) is 6.20 Å². The van der Waals surface area contributed by atoms with Gasteiger partial charge in [-0.1, -0.05) is 11.6 Å². The molecule has 0 aliphatic carbocycles. The first kappa shape index (κ1) is 10.6. The van der Waals surface area contributed by atoms with E-state index in [4.69, 9.17) is 11.6 Å². The summed E-state index contributed by atoms with van der Waals surface area (Å²) in [5.41, 5.74) is 1.75. The molecule has 2 rings (SSSR count). The number of rotatable bonds is 2. The fourth-order valence-corrected chi connectivity index (χ4v) is 1.49. The maximum Gasteiger partial charge on any atom is 0.273 e. The Hall–Kier alpha value is -1.88. The summed E-state index contributed by atoms with van der Waals surface area (Å²) in [6, 6.07) is 3.35. The van der Waals surface area contributed by atoms with Crippen LogP contribution in [0, 0.1) is 6.92 Å². The lowest BCUT2D eigenvalue weighted by molar-refractivity contribution is 0.102. The number of halogens is 1. The van der Waals surface area contributed by atoms with Crippen molar-refractivity contribution in [3.63, 3.8) is 0 Å². The molecule has 0 aliphatic heterocycles. The Labute approximate surface area is 96.8 Å². The molecule has 2 aromatic heterocycles. The molecule has 0 saturated carbocycles. The van der Waals surface area contributed by atoms with Crippen LogP contribution in [0.15, 0.2) is 24.5 Å². The SMILES string of the molecule is Cc1ccnc(Cl)c1NC(=O)c1ccn[nH]1. The zero-order valence-corrected chi connectivity index (χ0v) is 9.25. The third kappa shape index (κ3) is 2.04. The van der Waals surface area contributed by atoms with E-state index in [1.54, 1.807) is 18.3 Å². The fraction of sp³-hybridized carbons (Fsp3) is 0.100. The van der Waals surface area contributed by atoms with Gasteiger partial charge < -0.3 is 5.32 Å². The molecule has 0 atom stereocenters. The number of aromatic nitrogens is 3. The van der Waals surface area contributed by atoms with Gasteiger partial charge in [-0.05, 0) is 24.6 Å². The molecule has 0 aromatic carbocycles. The zero-order chi connectivity index (χ0) is 11.5. The summed E-state index contributed by atoms with van der Waals surface area (Å²) in [5.74, 6) is -0.296. The number of pyridine rings is 1. The second kappa shape index (κ2) is 4.32. The van der Waals surface area contributed by atoms with E-state index in [0.29, 0.717) is 11.4 Å². The molecule has 0 spiro atoms. The van der Waals surface area contributed by atoms with Crippen LogP contribution in [0.5, 0.6) is 0 Å². The number of carbonyl (C=O) groups is 1. The van der Waals surface area contributed by atoms with Crippen molar-refractivity contribution in [1.29, 1.82) is 0 Å². The predicted molar refractivity (Wildman–Crippen MR) is 60.5 cm³/mol. The van der Waals surface area contributed by atoms with Gasteiger partial charge in [-0.15, -0.1) is 0 Å². The summed E-state index contributed by atoms with van der Waals surface area (Å²) in [6.07, 6.45) is 3.09. The van der Waals surface area contributed by atoms with E-state index >= 15 is 0 Å². The van der Waals surface area contributed by atoms with Gasteiger partial charge in [0.15, 0.2) is 5.15 Å². The van der Waals surface area contributed by atoms with E-state index in [2.05, 4.69) is 20.5 Å². The number of aryl methyl sites for hydroxylation is 1. The van der Waals surface area contributed by atoms with Gasteiger partial charge in [-0.2, -0.15) is 5.10 Å². The lowest BCUT2D eigenvalue weighted by Gasteiger charge is -2.07. The van der Waals surface area contributed by atoms with Crippen LogP contribution in [0.1, 0.15) is 16.1 Å². The monoisotopic (exact) mass is 236 g/mol. The standard InChI is InChI=1S/C10H9ClN4O/c1-6-2-4-12-9(11)8(6)14-10(16)7-3-5-13-15-7/h2-5H,1H3,(H,13,15)(H,14,16). The third-order valence-corrected chi connectivity index (χ3v) is 2.38. The van der Waals surface area contributed by atoms with Crippen LogP contribution in [-0.2, 0) is 0 Å². The number of H-pyrrole nitrogens is 1. The van der Waals surface area contributed by atoms with Gasteiger partial charge >= 0.3 is 0 Å². The first-order valence-corrected chi connectivity index (χ1v) is 4.98. The molecule has 1 amide bonds. The molecule has 0 fully saturated rings. The minimum atomic E-state index is -0.296. The van der Waals surface area contributed by atoms with Crippen LogP contribution in [-0.4, -0.2) is 21.1 Å². The van der Waals surface area contributed by atoms with Crippen LogP contribution in [0.2, 0.25) is 5.15 Å². The Morgan fingerprint density at radius 2 is 2.25 bits per heavy atom. The van der Waals surface area contributed by atoms with Crippen LogP contribution in [0.3, 0.4) is 0 Å². The smallest absolute Gasteiger partial charge is 0.273 e. The second-order valence-electron chi connectivity index (χ2n) is 3.22. The predicted octanol–water partition coefficient (Wildman–Crippen LogP) is 2.02. The Morgan fingerprint density at radius 1 is 1.44 bits per heavy atom. The van der Waals surface area contributed by atoms with Crippen molar-refractivity contribution in [3.8, 4) is 0 Å². The van der Waals surface area contributed by atoms with Gasteiger partial charge in [-0.3, -0.25) is 9.89 Å². The molecule has 0 aliphatic rings. The molecule has 2 aromatic rings. The van der Waals surface area contributed by atoms with Gasteiger partial charge in [0.25, 0.3) is 5.91 Å². The largest absolute Gasteiger partial charge is 0.318 e. The van der Waals surface area contributed by atoms with Crippen molar-refractivity contribution < 1.29 is 4.79 Å². The number of nitrogens with zero attached hydrogens (tertiary/aromatic N) is 2. The minimum absolute atomic E-state index is 0.271. The number of anilines is 1. The van der Waals surface area contributed by atoms with E-state index in [-0.39, 0.29) is 11.1 Å². The highest BCUT2D eigenvalue weighted by molar-refractivity contribution is 6.32. The Kier molecular flexibility index (Phi) is 2.87. The van der Waals surface area contributed by atoms with Gasteiger partial charge in [0.1, 0.15) is 5.69 Å². The third-order valence-electron chi connectivity index (χ3n) is 2.10. The summed E-state index contributed by atoms with van der Waals surface area (Å²) < 4.78 is 0. The number of hydrogen-bond donors (Lipinski definition) is 2. The molecule has 0 bridgehead atoms. The fourth-order valence-electron chi connectivity index (χ4n) is 1.24. The Balaban J connectivity index is 2.25. The van der Waals surface area contributed by atoms with Crippen LogP contribution >= 0.6 is 11.6 Å². The lowest BCUT2D eigenvalue weighted by Crippen LogP contribution is -2.14. The summed E-state index contributed by atoms with van der Waals surface area (Å²) in [7, 11) is 0. The van der Waals surface area contributed by atoms with Crippen molar-refractivity contribution in [2.75, 3.05) is 5.32 Å². The summed E-state index contributed by atoms with van der Waals surface area (Å²) in [4.78, 5) is 15.6. The molecular formula is C10H9ClN4O. The van der Waals surface area contributed by atoms with Crippen molar-refractivity contribution in [3.05, 3.63) is 40.9 Å². The molecule has 16 heavy (non-hydrogen) atoms. The van der Waals surface area contributed by atoms with Crippen molar-refractivity contribution in [2.45, 2.75) is 6.92 Å². The van der Waals surface area contributed by atoms with Crippen LogP contribution in [0.4, 0.5) is 5.69 Å². The maximum atomic E-state index is 11.7.